The van der Waals surface area contributed by atoms with Crippen molar-refractivity contribution in [2.75, 3.05) is 5.32 Å². The molecule has 1 amide bonds. The van der Waals surface area contributed by atoms with Crippen LogP contribution in [0.3, 0.4) is 0 Å². The Balaban J connectivity index is 1.88. The summed E-state index contributed by atoms with van der Waals surface area (Å²) in [7, 11) is 0. The molecule has 2 rings (SSSR count). The lowest BCUT2D eigenvalue weighted by Crippen LogP contribution is -2.35. The SMILES string of the molecule is Cc1ccccc1N[C@H](C)C(=O)N/N=C\c1cccs1. The van der Waals surface area contributed by atoms with E-state index in [-0.39, 0.29) is 11.9 Å². The summed E-state index contributed by atoms with van der Waals surface area (Å²) in [6, 6.07) is 11.4. The van der Waals surface area contributed by atoms with E-state index in [2.05, 4.69) is 15.8 Å². The number of aryl methyl sites for hydroxylation is 1. The third-order valence-electron chi connectivity index (χ3n) is 2.82. The zero-order chi connectivity index (χ0) is 14.4. The van der Waals surface area contributed by atoms with Gasteiger partial charge in [0.05, 0.1) is 6.21 Å². The van der Waals surface area contributed by atoms with Crippen LogP contribution in [0.25, 0.3) is 0 Å². The summed E-state index contributed by atoms with van der Waals surface area (Å²) in [4.78, 5) is 12.9. The number of rotatable bonds is 5. The van der Waals surface area contributed by atoms with Crippen molar-refractivity contribution in [2.45, 2.75) is 19.9 Å². The third-order valence-corrected chi connectivity index (χ3v) is 3.63. The Kier molecular flexibility index (Phi) is 4.90. The second-order valence-electron chi connectivity index (χ2n) is 4.43. The predicted molar refractivity (Wildman–Crippen MR) is 84.3 cm³/mol. The fourth-order valence-electron chi connectivity index (χ4n) is 1.65. The number of amides is 1. The summed E-state index contributed by atoms with van der Waals surface area (Å²) in [5.41, 5.74) is 4.60. The molecule has 0 bridgehead atoms. The van der Waals surface area contributed by atoms with Gasteiger partial charge in [-0.1, -0.05) is 24.3 Å². The summed E-state index contributed by atoms with van der Waals surface area (Å²) in [5, 5.41) is 9.08. The number of hydrazone groups is 1. The lowest BCUT2D eigenvalue weighted by molar-refractivity contribution is -0.121. The van der Waals surface area contributed by atoms with Crippen LogP contribution in [0.15, 0.2) is 46.9 Å². The molecular formula is C15H17N3OS. The van der Waals surface area contributed by atoms with Crippen LogP contribution in [-0.2, 0) is 4.79 Å². The highest BCUT2D eigenvalue weighted by molar-refractivity contribution is 7.11. The zero-order valence-electron chi connectivity index (χ0n) is 11.5. The van der Waals surface area contributed by atoms with Gasteiger partial charge < -0.3 is 5.32 Å². The van der Waals surface area contributed by atoms with Gasteiger partial charge >= 0.3 is 0 Å². The standard InChI is InChI=1S/C15H17N3OS/c1-11-6-3-4-8-14(11)17-12(2)15(19)18-16-10-13-7-5-9-20-13/h3-10,12,17H,1-2H3,(H,18,19)/b16-10-/t12-/m1/s1. The van der Waals surface area contributed by atoms with E-state index in [1.807, 2.05) is 55.6 Å². The molecule has 1 aromatic carbocycles. The van der Waals surface area contributed by atoms with E-state index in [0.717, 1.165) is 16.1 Å². The number of anilines is 1. The Morgan fingerprint density at radius 2 is 2.10 bits per heavy atom. The molecule has 0 aliphatic rings. The van der Waals surface area contributed by atoms with Crippen LogP contribution in [0.4, 0.5) is 5.69 Å². The second-order valence-corrected chi connectivity index (χ2v) is 5.41. The molecule has 1 aromatic heterocycles. The molecule has 20 heavy (non-hydrogen) atoms. The van der Waals surface area contributed by atoms with E-state index < -0.39 is 0 Å². The van der Waals surface area contributed by atoms with Crippen molar-refractivity contribution in [2.24, 2.45) is 5.10 Å². The van der Waals surface area contributed by atoms with Gasteiger partial charge in [0, 0.05) is 10.6 Å². The largest absolute Gasteiger partial charge is 0.374 e. The van der Waals surface area contributed by atoms with Crippen LogP contribution in [0, 0.1) is 6.92 Å². The summed E-state index contributed by atoms with van der Waals surface area (Å²) >= 11 is 1.57. The molecule has 104 valence electrons. The first-order chi connectivity index (χ1) is 9.66. The van der Waals surface area contributed by atoms with Gasteiger partial charge in [0.25, 0.3) is 5.91 Å². The van der Waals surface area contributed by atoms with Gasteiger partial charge in [0.1, 0.15) is 6.04 Å². The summed E-state index contributed by atoms with van der Waals surface area (Å²) in [6.07, 6.45) is 1.64. The van der Waals surface area contributed by atoms with Crippen LogP contribution in [0.1, 0.15) is 17.4 Å². The number of nitrogens with zero attached hydrogens (tertiary/aromatic N) is 1. The molecule has 0 fully saturated rings. The fourth-order valence-corrected chi connectivity index (χ4v) is 2.24. The number of carbonyl (C=O) groups is 1. The highest BCUT2D eigenvalue weighted by Gasteiger charge is 2.12. The molecular weight excluding hydrogens is 270 g/mol. The van der Waals surface area contributed by atoms with E-state index in [1.54, 1.807) is 17.6 Å². The number of carbonyl (C=O) groups excluding carboxylic acids is 1. The molecule has 0 unspecified atom stereocenters. The molecule has 4 nitrogen and oxygen atoms in total. The van der Waals surface area contributed by atoms with Gasteiger partial charge in [-0.15, -0.1) is 11.3 Å². The lowest BCUT2D eigenvalue weighted by atomic mass is 10.2. The van der Waals surface area contributed by atoms with E-state index in [9.17, 15) is 4.79 Å². The minimum absolute atomic E-state index is 0.166. The van der Waals surface area contributed by atoms with E-state index in [4.69, 9.17) is 0 Å². The van der Waals surface area contributed by atoms with Gasteiger partial charge in [0.15, 0.2) is 0 Å². The molecule has 0 aliphatic carbocycles. The van der Waals surface area contributed by atoms with E-state index >= 15 is 0 Å². The number of hydrogen-bond acceptors (Lipinski definition) is 4. The van der Waals surface area contributed by atoms with Crippen molar-refractivity contribution in [3.8, 4) is 0 Å². The van der Waals surface area contributed by atoms with Crippen molar-refractivity contribution < 1.29 is 4.79 Å². The van der Waals surface area contributed by atoms with Gasteiger partial charge in [-0.05, 0) is 36.9 Å². The number of benzene rings is 1. The highest BCUT2D eigenvalue weighted by atomic mass is 32.1. The van der Waals surface area contributed by atoms with Crippen LogP contribution < -0.4 is 10.7 Å². The Morgan fingerprint density at radius 3 is 2.80 bits per heavy atom. The van der Waals surface area contributed by atoms with Crippen LogP contribution in [0.5, 0.6) is 0 Å². The second kappa shape index (κ2) is 6.86. The Bertz CT molecular complexity index is 593. The lowest BCUT2D eigenvalue weighted by Gasteiger charge is -2.15. The molecule has 1 atom stereocenters. The monoisotopic (exact) mass is 287 g/mol. The van der Waals surface area contributed by atoms with Gasteiger partial charge in [-0.25, -0.2) is 5.43 Å². The first kappa shape index (κ1) is 14.3. The molecule has 0 aliphatic heterocycles. The zero-order valence-corrected chi connectivity index (χ0v) is 12.3. The van der Waals surface area contributed by atoms with Crippen molar-refractivity contribution in [1.82, 2.24) is 5.43 Å². The average Bonchev–Trinajstić information content (AvgIpc) is 2.94. The van der Waals surface area contributed by atoms with E-state index in [0.29, 0.717) is 0 Å². The summed E-state index contributed by atoms with van der Waals surface area (Å²) in [6.45, 7) is 3.81. The molecule has 0 saturated heterocycles. The summed E-state index contributed by atoms with van der Waals surface area (Å²) < 4.78 is 0. The Hall–Kier alpha value is -2.14. The molecule has 5 heteroatoms. The van der Waals surface area contributed by atoms with Crippen LogP contribution >= 0.6 is 11.3 Å². The molecule has 2 N–H and O–H groups in total. The minimum Gasteiger partial charge on any atom is -0.374 e. The molecule has 2 aromatic rings. The first-order valence-corrected chi connectivity index (χ1v) is 7.23. The minimum atomic E-state index is -0.350. The number of para-hydroxylation sites is 1. The van der Waals surface area contributed by atoms with Crippen molar-refractivity contribution in [3.63, 3.8) is 0 Å². The Labute approximate surface area is 122 Å². The topological polar surface area (TPSA) is 53.5 Å². The maximum absolute atomic E-state index is 11.9. The number of hydrogen-bond donors (Lipinski definition) is 2. The van der Waals surface area contributed by atoms with Crippen LogP contribution in [-0.4, -0.2) is 18.2 Å². The number of nitrogens with one attached hydrogen (secondary N) is 2. The maximum atomic E-state index is 11.9. The average molecular weight is 287 g/mol. The predicted octanol–water partition coefficient (Wildman–Crippen LogP) is 3.01. The molecule has 0 spiro atoms. The molecule has 0 radical (unpaired) electrons. The molecule has 1 heterocycles. The smallest absolute Gasteiger partial charge is 0.262 e. The van der Waals surface area contributed by atoms with Crippen molar-refractivity contribution in [3.05, 3.63) is 52.2 Å². The van der Waals surface area contributed by atoms with Gasteiger partial charge in [-0.3, -0.25) is 4.79 Å². The normalized spacial score (nSPS) is 12.3. The van der Waals surface area contributed by atoms with Gasteiger partial charge in [0.2, 0.25) is 0 Å². The summed E-state index contributed by atoms with van der Waals surface area (Å²) in [5.74, 6) is -0.166. The first-order valence-electron chi connectivity index (χ1n) is 6.35. The quantitative estimate of drug-likeness (QED) is 0.656. The fraction of sp³-hybridized carbons (Fsp3) is 0.200. The number of thiophene rings is 1. The van der Waals surface area contributed by atoms with Gasteiger partial charge in [-0.2, -0.15) is 5.10 Å². The maximum Gasteiger partial charge on any atom is 0.262 e. The van der Waals surface area contributed by atoms with Crippen molar-refractivity contribution in [1.29, 1.82) is 0 Å². The van der Waals surface area contributed by atoms with Crippen molar-refractivity contribution >= 4 is 29.1 Å². The van der Waals surface area contributed by atoms with E-state index in [1.165, 1.54) is 0 Å². The van der Waals surface area contributed by atoms with Crippen LogP contribution in [0.2, 0.25) is 0 Å². The third kappa shape index (κ3) is 3.93. The highest BCUT2D eigenvalue weighted by Crippen LogP contribution is 2.14. The Morgan fingerprint density at radius 1 is 1.30 bits per heavy atom. The molecule has 0 saturated carbocycles.